The summed E-state index contributed by atoms with van der Waals surface area (Å²) in [6.07, 6.45) is 0. The molecule has 1 N–H and O–H groups in total. The zero-order valence-corrected chi connectivity index (χ0v) is 16.6. The smallest absolute Gasteiger partial charge is 0.282 e. The summed E-state index contributed by atoms with van der Waals surface area (Å²) in [5, 5.41) is 3.25. The van der Waals surface area contributed by atoms with E-state index in [0.29, 0.717) is 22.7 Å². The summed E-state index contributed by atoms with van der Waals surface area (Å²) in [5.41, 5.74) is 1.71. The molecule has 150 valence electrons. The standard InChI is InChI=1S/C23H16ClFN2O3/c1-30-19-12-11-17(13-18(19)24)27-22(28)20(14-5-3-2-4-6-14)21(23(27)29)26-16-9-7-15(25)8-10-16/h2-13,26H,1H3. The Morgan fingerprint density at radius 1 is 0.933 bits per heavy atom. The molecule has 0 spiro atoms. The number of nitrogens with zero attached hydrogens (tertiary/aromatic N) is 1. The minimum atomic E-state index is -0.538. The normalized spacial score (nSPS) is 13.8. The Kier molecular flexibility index (Phi) is 5.25. The number of carbonyl (C=O) groups excluding carboxylic acids is 2. The van der Waals surface area contributed by atoms with Crippen LogP contribution in [-0.4, -0.2) is 18.9 Å². The van der Waals surface area contributed by atoms with E-state index in [4.69, 9.17) is 16.3 Å². The summed E-state index contributed by atoms with van der Waals surface area (Å²) < 4.78 is 18.4. The highest BCUT2D eigenvalue weighted by Crippen LogP contribution is 2.36. The lowest BCUT2D eigenvalue weighted by Gasteiger charge is -2.16. The summed E-state index contributed by atoms with van der Waals surface area (Å²) >= 11 is 6.20. The van der Waals surface area contributed by atoms with E-state index in [9.17, 15) is 14.0 Å². The number of methoxy groups -OCH3 is 1. The van der Waals surface area contributed by atoms with E-state index in [-0.39, 0.29) is 16.3 Å². The number of imide groups is 1. The van der Waals surface area contributed by atoms with Gasteiger partial charge < -0.3 is 10.1 Å². The second-order valence-electron chi connectivity index (χ2n) is 6.51. The van der Waals surface area contributed by atoms with Gasteiger partial charge in [0.15, 0.2) is 0 Å². The van der Waals surface area contributed by atoms with Crippen LogP contribution in [0.1, 0.15) is 5.56 Å². The van der Waals surface area contributed by atoms with Crippen molar-refractivity contribution in [3.05, 3.63) is 94.9 Å². The summed E-state index contributed by atoms with van der Waals surface area (Å²) in [4.78, 5) is 27.6. The molecule has 7 heteroatoms. The summed E-state index contributed by atoms with van der Waals surface area (Å²) in [6.45, 7) is 0. The molecule has 0 unspecified atom stereocenters. The van der Waals surface area contributed by atoms with E-state index in [1.807, 2.05) is 6.07 Å². The quantitative estimate of drug-likeness (QED) is 0.595. The fourth-order valence-electron chi connectivity index (χ4n) is 3.22. The van der Waals surface area contributed by atoms with E-state index in [1.165, 1.54) is 37.4 Å². The third kappa shape index (κ3) is 3.53. The number of benzene rings is 3. The monoisotopic (exact) mass is 422 g/mol. The van der Waals surface area contributed by atoms with Gasteiger partial charge in [-0.15, -0.1) is 0 Å². The summed E-state index contributed by atoms with van der Waals surface area (Å²) in [5.74, 6) is -0.997. The largest absolute Gasteiger partial charge is 0.495 e. The zero-order chi connectivity index (χ0) is 21.3. The molecule has 3 aromatic carbocycles. The summed E-state index contributed by atoms with van der Waals surface area (Å²) in [6, 6.07) is 19.1. The molecule has 0 radical (unpaired) electrons. The van der Waals surface area contributed by atoms with Gasteiger partial charge in [-0.3, -0.25) is 9.59 Å². The number of hydrogen-bond donors (Lipinski definition) is 1. The first-order valence-corrected chi connectivity index (χ1v) is 9.42. The minimum Gasteiger partial charge on any atom is -0.495 e. The predicted octanol–water partition coefficient (Wildman–Crippen LogP) is 4.88. The van der Waals surface area contributed by atoms with Crippen molar-refractivity contribution < 1.29 is 18.7 Å². The Balaban J connectivity index is 1.79. The van der Waals surface area contributed by atoms with Crippen molar-refractivity contribution in [1.29, 1.82) is 0 Å². The topological polar surface area (TPSA) is 58.6 Å². The van der Waals surface area contributed by atoms with Crippen molar-refractivity contribution in [2.45, 2.75) is 0 Å². The van der Waals surface area contributed by atoms with E-state index in [0.717, 1.165) is 4.90 Å². The SMILES string of the molecule is COc1ccc(N2C(=O)C(Nc3ccc(F)cc3)=C(c3ccccc3)C2=O)cc1Cl. The molecule has 1 aliphatic heterocycles. The van der Waals surface area contributed by atoms with Crippen LogP contribution in [0.15, 0.2) is 78.5 Å². The zero-order valence-electron chi connectivity index (χ0n) is 15.9. The van der Waals surface area contributed by atoms with Crippen molar-refractivity contribution in [3.63, 3.8) is 0 Å². The lowest BCUT2D eigenvalue weighted by atomic mass is 10.0. The van der Waals surface area contributed by atoms with Crippen LogP contribution >= 0.6 is 11.6 Å². The minimum absolute atomic E-state index is 0.102. The van der Waals surface area contributed by atoms with E-state index in [2.05, 4.69) is 5.32 Å². The van der Waals surface area contributed by atoms with Crippen LogP contribution in [0, 0.1) is 5.82 Å². The Bertz CT molecular complexity index is 1160. The Morgan fingerprint density at radius 3 is 2.27 bits per heavy atom. The molecule has 0 atom stereocenters. The molecule has 30 heavy (non-hydrogen) atoms. The van der Waals surface area contributed by atoms with Crippen LogP contribution in [-0.2, 0) is 9.59 Å². The molecule has 5 nitrogen and oxygen atoms in total. The van der Waals surface area contributed by atoms with E-state index in [1.54, 1.807) is 36.4 Å². The molecule has 0 saturated heterocycles. The Hall–Kier alpha value is -3.64. The maximum Gasteiger partial charge on any atom is 0.282 e. The highest BCUT2D eigenvalue weighted by atomic mass is 35.5. The average Bonchev–Trinajstić information content (AvgIpc) is 2.99. The lowest BCUT2D eigenvalue weighted by Crippen LogP contribution is -2.32. The first kappa shape index (κ1) is 19.7. The third-order valence-electron chi connectivity index (χ3n) is 4.65. The van der Waals surface area contributed by atoms with Gasteiger partial charge >= 0.3 is 0 Å². The molecule has 0 bridgehead atoms. The molecule has 2 amide bonds. The van der Waals surface area contributed by atoms with Crippen LogP contribution in [0.3, 0.4) is 0 Å². The molecule has 3 aromatic rings. The molecule has 1 heterocycles. The fourth-order valence-corrected chi connectivity index (χ4v) is 3.48. The number of hydrogen-bond acceptors (Lipinski definition) is 4. The maximum atomic E-state index is 13.3. The van der Waals surface area contributed by atoms with Gasteiger partial charge in [0.1, 0.15) is 17.3 Å². The molecule has 0 saturated carbocycles. The number of amides is 2. The van der Waals surface area contributed by atoms with Crippen LogP contribution < -0.4 is 15.0 Å². The van der Waals surface area contributed by atoms with Gasteiger partial charge in [0.25, 0.3) is 11.8 Å². The van der Waals surface area contributed by atoms with E-state index < -0.39 is 17.6 Å². The third-order valence-corrected chi connectivity index (χ3v) is 4.95. The Labute approximate surface area is 177 Å². The van der Waals surface area contributed by atoms with Crippen LogP contribution in [0.5, 0.6) is 5.75 Å². The number of carbonyl (C=O) groups is 2. The number of anilines is 2. The number of ether oxygens (including phenoxy) is 1. The number of nitrogens with one attached hydrogen (secondary N) is 1. The van der Waals surface area contributed by atoms with Crippen molar-refractivity contribution in [3.8, 4) is 5.75 Å². The molecule has 1 aliphatic rings. The molecule has 4 rings (SSSR count). The average molecular weight is 423 g/mol. The van der Waals surface area contributed by atoms with Gasteiger partial charge in [-0.1, -0.05) is 41.9 Å². The Morgan fingerprint density at radius 2 is 1.63 bits per heavy atom. The molecule has 0 aromatic heterocycles. The van der Waals surface area contributed by atoms with Gasteiger partial charge in [0.05, 0.1) is 23.4 Å². The van der Waals surface area contributed by atoms with Gasteiger partial charge in [0.2, 0.25) is 0 Å². The number of halogens is 2. The van der Waals surface area contributed by atoms with Crippen LogP contribution in [0.2, 0.25) is 5.02 Å². The van der Waals surface area contributed by atoms with Crippen molar-refractivity contribution in [2.24, 2.45) is 0 Å². The van der Waals surface area contributed by atoms with Gasteiger partial charge in [0, 0.05) is 5.69 Å². The van der Waals surface area contributed by atoms with Crippen LogP contribution in [0.4, 0.5) is 15.8 Å². The maximum absolute atomic E-state index is 13.3. The predicted molar refractivity (Wildman–Crippen MR) is 114 cm³/mol. The van der Waals surface area contributed by atoms with Gasteiger partial charge in [-0.05, 0) is 48.0 Å². The van der Waals surface area contributed by atoms with Gasteiger partial charge in [-0.25, -0.2) is 9.29 Å². The van der Waals surface area contributed by atoms with Gasteiger partial charge in [-0.2, -0.15) is 0 Å². The van der Waals surface area contributed by atoms with Crippen molar-refractivity contribution in [1.82, 2.24) is 0 Å². The first-order valence-electron chi connectivity index (χ1n) is 9.04. The lowest BCUT2D eigenvalue weighted by molar-refractivity contribution is -0.120. The highest BCUT2D eigenvalue weighted by Gasteiger charge is 2.40. The van der Waals surface area contributed by atoms with Crippen LogP contribution in [0.25, 0.3) is 5.57 Å². The second-order valence-corrected chi connectivity index (χ2v) is 6.92. The van der Waals surface area contributed by atoms with E-state index >= 15 is 0 Å². The first-order chi connectivity index (χ1) is 14.5. The molecule has 0 aliphatic carbocycles. The fraction of sp³-hybridized carbons (Fsp3) is 0.0435. The van der Waals surface area contributed by atoms with Crippen molar-refractivity contribution in [2.75, 3.05) is 17.3 Å². The molecule has 0 fully saturated rings. The van der Waals surface area contributed by atoms with Crippen molar-refractivity contribution >= 4 is 40.4 Å². The second kappa shape index (κ2) is 8.00. The molecular formula is C23H16ClFN2O3. The highest BCUT2D eigenvalue weighted by molar-refractivity contribution is 6.46. The summed E-state index contributed by atoms with van der Waals surface area (Å²) in [7, 11) is 1.48. The molecular weight excluding hydrogens is 407 g/mol. The number of rotatable bonds is 5.